The highest BCUT2D eigenvalue weighted by molar-refractivity contribution is 5.75. The molecule has 3 heterocycles. The molecule has 1 aromatic heterocycles. The second-order valence-corrected chi connectivity index (χ2v) is 11.6. The molecule has 7 nitrogen and oxygen atoms in total. The quantitative estimate of drug-likeness (QED) is 0.670. The van der Waals surface area contributed by atoms with Crippen LogP contribution in [0.4, 0.5) is 13.6 Å². The second kappa shape index (κ2) is 8.18. The number of hydrogen-bond acceptors (Lipinski definition) is 5. The van der Waals surface area contributed by atoms with E-state index in [2.05, 4.69) is 29.4 Å². The van der Waals surface area contributed by atoms with Gasteiger partial charge in [-0.1, -0.05) is 19.9 Å². The zero-order chi connectivity index (χ0) is 25.3. The van der Waals surface area contributed by atoms with Crippen LogP contribution in [-0.4, -0.2) is 64.7 Å². The molecule has 1 aromatic carbocycles. The number of benzene rings is 1. The number of nitrogens with one attached hydrogen (secondary N) is 1. The first-order valence-corrected chi connectivity index (χ1v) is 12.8. The van der Waals surface area contributed by atoms with E-state index in [1.165, 1.54) is 18.2 Å². The minimum absolute atomic E-state index is 0.130. The summed E-state index contributed by atoms with van der Waals surface area (Å²) >= 11 is 0. The van der Waals surface area contributed by atoms with Crippen molar-refractivity contribution in [1.82, 2.24) is 20.4 Å². The summed E-state index contributed by atoms with van der Waals surface area (Å²) < 4.78 is 34.2. The molecule has 0 unspecified atom stereocenters. The summed E-state index contributed by atoms with van der Waals surface area (Å²) in [6.45, 7) is 6.27. The highest BCUT2D eigenvalue weighted by Gasteiger charge is 2.66. The minimum Gasteiger partial charge on any atom is -0.394 e. The van der Waals surface area contributed by atoms with E-state index in [0.29, 0.717) is 26.3 Å². The van der Waals surface area contributed by atoms with Crippen molar-refractivity contribution in [2.75, 3.05) is 32.9 Å². The van der Waals surface area contributed by atoms with Gasteiger partial charge in [-0.05, 0) is 66.7 Å². The number of urea groups is 1. The molecular formula is C27H32F2N4O3. The van der Waals surface area contributed by atoms with Crippen molar-refractivity contribution in [2.45, 2.75) is 56.4 Å². The molecule has 2 aliphatic heterocycles. The molecular weight excluding hydrogens is 466 g/mol. The molecule has 0 radical (unpaired) electrons. The lowest BCUT2D eigenvalue weighted by Gasteiger charge is -2.49. The number of amides is 2. The Morgan fingerprint density at radius 3 is 2.64 bits per heavy atom. The number of fused-ring (bicyclic) bond motifs is 5. The third-order valence-corrected chi connectivity index (χ3v) is 9.53. The molecule has 3 atom stereocenters. The minimum atomic E-state index is -0.691. The van der Waals surface area contributed by atoms with E-state index in [0.717, 1.165) is 36.9 Å². The predicted molar refractivity (Wildman–Crippen MR) is 128 cm³/mol. The molecule has 2 bridgehead atoms. The summed E-state index contributed by atoms with van der Waals surface area (Å²) in [6.07, 6.45) is 3.77. The SMILES string of the molecule is CC1(C)[C@H]2CC[C@]1([C@H]1CCCN(C(=O)NC3(CO)COC3)C1)c1nnc(-c3c(F)cccc3F)cc12. The lowest BCUT2D eigenvalue weighted by atomic mass is 9.59. The second-order valence-electron chi connectivity index (χ2n) is 11.6. The molecule has 2 aliphatic carbocycles. The number of rotatable bonds is 4. The van der Waals surface area contributed by atoms with Gasteiger partial charge in [-0.25, -0.2) is 13.6 Å². The van der Waals surface area contributed by atoms with Crippen LogP contribution in [0.3, 0.4) is 0 Å². The molecule has 2 N–H and O–H groups in total. The van der Waals surface area contributed by atoms with Crippen molar-refractivity contribution in [3.63, 3.8) is 0 Å². The molecule has 1 saturated carbocycles. The normalized spacial score (nSPS) is 29.5. The van der Waals surface area contributed by atoms with Crippen molar-refractivity contribution >= 4 is 6.03 Å². The van der Waals surface area contributed by atoms with E-state index in [-0.39, 0.29) is 46.6 Å². The largest absolute Gasteiger partial charge is 0.394 e. The van der Waals surface area contributed by atoms with Crippen molar-refractivity contribution in [1.29, 1.82) is 0 Å². The number of carbonyl (C=O) groups is 1. The van der Waals surface area contributed by atoms with Gasteiger partial charge in [0, 0.05) is 18.5 Å². The van der Waals surface area contributed by atoms with E-state index >= 15 is 0 Å². The maximum atomic E-state index is 14.5. The summed E-state index contributed by atoms with van der Waals surface area (Å²) in [6, 6.07) is 5.49. The van der Waals surface area contributed by atoms with Crippen molar-refractivity contribution in [2.24, 2.45) is 11.3 Å². The van der Waals surface area contributed by atoms with Crippen LogP contribution in [0.5, 0.6) is 0 Å². The first-order chi connectivity index (χ1) is 17.2. The number of aromatic nitrogens is 2. The van der Waals surface area contributed by atoms with Gasteiger partial charge < -0.3 is 20.1 Å². The van der Waals surface area contributed by atoms with Crippen LogP contribution in [0, 0.1) is 23.0 Å². The van der Waals surface area contributed by atoms with E-state index in [9.17, 15) is 18.7 Å². The Bertz CT molecular complexity index is 1190. The van der Waals surface area contributed by atoms with Crippen LogP contribution in [0.1, 0.15) is 56.7 Å². The number of hydrogen-bond donors (Lipinski definition) is 2. The number of nitrogens with zero attached hydrogens (tertiary/aromatic N) is 3. The topological polar surface area (TPSA) is 87.6 Å². The van der Waals surface area contributed by atoms with Gasteiger partial charge in [-0.3, -0.25) is 0 Å². The van der Waals surface area contributed by atoms with Gasteiger partial charge in [0.25, 0.3) is 0 Å². The fraction of sp³-hybridized carbons (Fsp3) is 0.593. The number of halogens is 2. The zero-order valence-corrected chi connectivity index (χ0v) is 20.7. The van der Waals surface area contributed by atoms with E-state index in [1.54, 1.807) is 0 Å². The summed E-state index contributed by atoms with van der Waals surface area (Å²) in [5.41, 5.74) is 0.963. The maximum Gasteiger partial charge on any atom is 0.318 e. The Hall–Kier alpha value is -2.65. The maximum absolute atomic E-state index is 14.5. The fourth-order valence-corrected chi connectivity index (χ4v) is 7.56. The van der Waals surface area contributed by atoms with Crippen molar-refractivity contribution in [3.8, 4) is 11.3 Å². The first-order valence-electron chi connectivity index (χ1n) is 12.8. The highest BCUT2D eigenvalue weighted by atomic mass is 19.1. The molecule has 2 saturated heterocycles. The van der Waals surface area contributed by atoms with Gasteiger partial charge in [-0.2, -0.15) is 10.2 Å². The van der Waals surface area contributed by atoms with Gasteiger partial charge in [0.15, 0.2) is 0 Å². The molecule has 2 amide bonds. The number of likely N-dealkylation sites (tertiary alicyclic amines) is 1. The van der Waals surface area contributed by atoms with Crippen LogP contribution in [0.15, 0.2) is 24.3 Å². The predicted octanol–water partition coefficient (Wildman–Crippen LogP) is 3.76. The monoisotopic (exact) mass is 498 g/mol. The number of ether oxygens (including phenoxy) is 1. The van der Waals surface area contributed by atoms with Crippen LogP contribution in [0.25, 0.3) is 11.3 Å². The Labute approximate surface area is 209 Å². The summed E-state index contributed by atoms with van der Waals surface area (Å²) in [7, 11) is 0. The van der Waals surface area contributed by atoms with Crippen LogP contribution < -0.4 is 5.32 Å². The van der Waals surface area contributed by atoms with Crippen LogP contribution in [-0.2, 0) is 10.2 Å². The van der Waals surface area contributed by atoms with E-state index < -0.39 is 17.2 Å². The summed E-state index contributed by atoms with van der Waals surface area (Å²) in [4.78, 5) is 15.0. The first kappa shape index (κ1) is 23.7. The fourth-order valence-electron chi connectivity index (χ4n) is 7.56. The Morgan fingerprint density at radius 1 is 1.22 bits per heavy atom. The van der Waals surface area contributed by atoms with Gasteiger partial charge in [-0.15, -0.1) is 0 Å². The third kappa shape index (κ3) is 3.18. The standard InChI is InChI=1S/C27H32F2N4O3/c1-25(2)18-8-9-27(25,16-5-4-10-33(12-16)24(35)30-26(13-34)14-36-15-26)23-17(18)11-21(31-32-23)22-19(28)6-3-7-20(22)29/h3,6-7,11,16,18,34H,4-5,8-10,12-15H2,1-2H3,(H,30,35)/t16-,18-,27-/m0/s1. The Balaban J connectivity index is 1.33. The number of carbonyl (C=O) groups excluding carboxylic acids is 1. The summed E-state index contributed by atoms with van der Waals surface area (Å²) in [5, 5.41) is 21.7. The van der Waals surface area contributed by atoms with E-state index in [4.69, 9.17) is 4.74 Å². The van der Waals surface area contributed by atoms with Crippen LogP contribution in [0.2, 0.25) is 0 Å². The smallest absolute Gasteiger partial charge is 0.318 e. The molecule has 9 heteroatoms. The Kier molecular flexibility index (Phi) is 5.39. The highest BCUT2D eigenvalue weighted by Crippen LogP contribution is 2.70. The Morgan fingerprint density at radius 2 is 1.97 bits per heavy atom. The molecule has 192 valence electrons. The van der Waals surface area contributed by atoms with Crippen molar-refractivity contribution < 1.29 is 23.4 Å². The molecule has 2 aromatic rings. The number of aliphatic hydroxyl groups is 1. The van der Waals surface area contributed by atoms with Crippen molar-refractivity contribution in [3.05, 3.63) is 47.2 Å². The van der Waals surface area contributed by atoms with Gasteiger partial charge in [0.1, 0.15) is 17.2 Å². The lowest BCUT2D eigenvalue weighted by molar-refractivity contribution is -0.0927. The molecule has 0 spiro atoms. The number of aliphatic hydroxyl groups excluding tert-OH is 1. The van der Waals surface area contributed by atoms with Crippen LogP contribution >= 0.6 is 0 Å². The molecule has 4 aliphatic rings. The average Bonchev–Trinajstić information content (AvgIpc) is 3.22. The summed E-state index contributed by atoms with van der Waals surface area (Å²) in [5.74, 6) is -0.891. The molecule has 3 fully saturated rings. The lowest BCUT2D eigenvalue weighted by Crippen LogP contribution is -2.67. The molecule has 6 rings (SSSR count). The molecule has 36 heavy (non-hydrogen) atoms. The van der Waals surface area contributed by atoms with Gasteiger partial charge in [0.05, 0.1) is 36.8 Å². The number of piperidine rings is 1. The zero-order valence-electron chi connectivity index (χ0n) is 20.7. The van der Waals surface area contributed by atoms with Gasteiger partial charge in [0.2, 0.25) is 0 Å². The van der Waals surface area contributed by atoms with E-state index in [1.807, 2.05) is 11.0 Å². The average molecular weight is 499 g/mol. The third-order valence-electron chi connectivity index (χ3n) is 9.53. The van der Waals surface area contributed by atoms with Gasteiger partial charge >= 0.3 is 6.03 Å².